The third kappa shape index (κ3) is 3.83. The molecule has 0 aliphatic rings. The van der Waals surface area contributed by atoms with E-state index in [2.05, 4.69) is 32.2 Å². The molecule has 1 unspecified atom stereocenters. The van der Waals surface area contributed by atoms with Crippen molar-refractivity contribution in [3.63, 3.8) is 0 Å². The van der Waals surface area contributed by atoms with Crippen LogP contribution in [-0.4, -0.2) is 29.8 Å². The summed E-state index contributed by atoms with van der Waals surface area (Å²) in [4.78, 5) is 9.12. The quantitative estimate of drug-likeness (QED) is 0.380. The fourth-order valence-corrected chi connectivity index (χ4v) is 4.23. The lowest BCUT2D eigenvalue weighted by Gasteiger charge is -2.27. The van der Waals surface area contributed by atoms with Crippen LogP contribution in [0.2, 0.25) is 0 Å². The van der Waals surface area contributed by atoms with Crippen LogP contribution < -0.4 is 0 Å². The molecule has 2 aromatic carbocycles. The van der Waals surface area contributed by atoms with Gasteiger partial charge in [-0.3, -0.25) is 5.10 Å². The zero-order chi connectivity index (χ0) is 23.9. The first-order chi connectivity index (χ1) is 16.3. The number of benzene rings is 2. The molecule has 0 amide bonds. The van der Waals surface area contributed by atoms with Gasteiger partial charge in [-0.2, -0.15) is 23.4 Å². The predicted molar refractivity (Wildman–Crippen MR) is 121 cm³/mol. The van der Waals surface area contributed by atoms with E-state index in [1.54, 1.807) is 16.9 Å². The SMILES string of the molecule is Cc1nc(C(C)(Cc2ccccc2)c2ccnc3c(-c4ccc(C(F)(F)F)cc4)cnn23)n[nH]1. The molecule has 1 atom stereocenters. The maximum atomic E-state index is 13.0. The van der Waals surface area contributed by atoms with Gasteiger partial charge in [0.1, 0.15) is 5.82 Å². The summed E-state index contributed by atoms with van der Waals surface area (Å²) < 4.78 is 40.7. The van der Waals surface area contributed by atoms with Crippen molar-refractivity contribution >= 4 is 5.65 Å². The second-order valence-electron chi connectivity index (χ2n) is 8.44. The van der Waals surface area contributed by atoms with Gasteiger partial charge in [0.05, 0.1) is 22.9 Å². The molecule has 6 nitrogen and oxygen atoms in total. The number of hydrogen-bond acceptors (Lipinski definition) is 4. The average molecular weight is 462 g/mol. The van der Waals surface area contributed by atoms with Crippen molar-refractivity contribution < 1.29 is 13.2 Å². The molecule has 3 heterocycles. The van der Waals surface area contributed by atoms with Gasteiger partial charge >= 0.3 is 6.18 Å². The molecule has 0 saturated heterocycles. The summed E-state index contributed by atoms with van der Waals surface area (Å²) in [6.07, 6.45) is -0.470. The summed E-state index contributed by atoms with van der Waals surface area (Å²) in [5.74, 6) is 1.32. The van der Waals surface area contributed by atoms with Gasteiger partial charge < -0.3 is 0 Å². The molecular formula is C25H21F3N6. The molecule has 0 spiro atoms. The number of alkyl halides is 3. The number of fused-ring (bicyclic) bond motifs is 1. The molecule has 0 saturated carbocycles. The molecule has 0 aliphatic heterocycles. The summed E-state index contributed by atoms with van der Waals surface area (Å²) in [7, 11) is 0. The van der Waals surface area contributed by atoms with Gasteiger partial charge in [-0.25, -0.2) is 14.5 Å². The van der Waals surface area contributed by atoms with E-state index in [4.69, 9.17) is 0 Å². The highest BCUT2D eigenvalue weighted by Crippen LogP contribution is 2.36. The number of rotatable bonds is 5. The standard InChI is InChI=1S/C25H21F3N6/c1-16-31-23(33-32-16)24(2,14-17-6-4-3-5-7-17)21-12-13-29-22-20(15-30-34(21)22)18-8-10-19(11-9-18)25(26,27)28/h3-13,15H,14H2,1-2H3,(H,31,32,33). The van der Waals surface area contributed by atoms with Gasteiger partial charge in [-0.15, -0.1) is 0 Å². The Balaban J connectivity index is 1.64. The van der Waals surface area contributed by atoms with E-state index in [0.717, 1.165) is 23.4 Å². The Morgan fingerprint density at radius 3 is 2.35 bits per heavy atom. The summed E-state index contributed by atoms with van der Waals surface area (Å²) in [5, 5.41) is 12.0. The Labute approximate surface area is 193 Å². The van der Waals surface area contributed by atoms with Crippen LogP contribution in [0.5, 0.6) is 0 Å². The first-order valence-corrected chi connectivity index (χ1v) is 10.7. The maximum Gasteiger partial charge on any atom is 0.416 e. The lowest BCUT2D eigenvalue weighted by molar-refractivity contribution is -0.137. The highest BCUT2D eigenvalue weighted by Gasteiger charge is 2.36. The van der Waals surface area contributed by atoms with Crippen molar-refractivity contribution in [2.24, 2.45) is 0 Å². The summed E-state index contributed by atoms with van der Waals surface area (Å²) >= 11 is 0. The van der Waals surface area contributed by atoms with Crippen LogP contribution in [0.1, 0.15) is 35.4 Å². The second kappa shape index (κ2) is 8.09. The van der Waals surface area contributed by atoms with Gasteiger partial charge in [-0.1, -0.05) is 42.5 Å². The smallest absolute Gasteiger partial charge is 0.263 e. The average Bonchev–Trinajstić information content (AvgIpc) is 3.46. The summed E-state index contributed by atoms with van der Waals surface area (Å²) in [6.45, 7) is 3.90. The molecule has 0 bridgehead atoms. The van der Waals surface area contributed by atoms with E-state index in [-0.39, 0.29) is 0 Å². The van der Waals surface area contributed by atoms with Gasteiger partial charge in [0.25, 0.3) is 0 Å². The Morgan fingerprint density at radius 2 is 1.71 bits per heavy atom. The fraction of sp³-hybridized carbons (Fsp3) is 0.200. The van der Waals surface area contributed by atoms with E-state index in [1.807, 2.05) is 43.3 Å². The monoisotopic (exact) mass is 462 g/mol. The molecule has 5 rings (SSSR count). The Hall–Kier alpha value is -4.01. The highest BCUT2D eigenvalue weighted by atomic mass is 19.4. The lowest BCUT2D eigenvalue weighted by atomic mass is 9.79. The van der Waals surface area contributed by atoms with Crippen LogP contribution in [-0.2, 0) is 18.0 Å². The molecule has 0 fully saturated rings. The molecule has 34 heavy (non-hydrogen) atoms. The van der Waals surface area contributed by atoms with Gasteiger partial charge in [0.2, 0.25) is 0 Å². The minimum absolute atomic E-state index is 0.545. The van der Waals surface area contributed by atoms with E-state index < -0.39 is 17.2 Å². The minimum Gasteiger partial charge on any atom is -0.263 e. The van der Waals surface area contributed by atoms with Crippen LogP contribution in [0, 0.1) is 6.92 Å². The molecule has 3 aromatic heterocycles. The number of halogens is 3. The van der Waals surface area contributed by atoms with Crippen LogP contribution in [0.4, 0.5) is 13.2 Å². The third-order valence-electron chi connectivity index (χ3n) is 5.98. The number of H-pyrrole nitrogens is 1. The van der Waals surface area contributed by atoms with Crippen molar-refractivity contribution in [3.05, 3.63) is 102 Å². The maximum absolute atomic E-state index is 13.0. The van der Waals surface area contributed by atoms with E-state index in [0.29, 0.717) is 34.8 Å². The number of aromatic nitrogens is 6. The third-order valence-corrected chi connectivity index (χ3v) is 5.98. The number of nitrogens with zero attached hydrogens (tertiary/aromatic N) is 5. The van der Waals surface area contributed by atoms with Crippen molar-refractivity contribution in [2.45, 2.75) is 31.9 Å². The van der Waals surface area contributed by atoms with Crippen molar-refractivity contribution in [2.75, 3.05) is 0 Å². The van der Waals surface area contributed by atoms with Crippen molar-refractivity contribution in [1.82, 2.24) is 29.8 Å². The van der Waals surface area contributed by atoms with Crippen LogP contribution in [0.25, 0.3) is 16.8 Å². The van der Waals surface area contributed by atoms with E-state index >= 15 is 0 Å². The lowest BCUT2D eigenvalue weighted by Crippen LogP contribution is -2.31. The topological polar surface area (TPSA) is 71.8 Å². The van der Waals surface area contributed by atoms with Crippen LogP contribution in [0.15, 0.2) is 73.1 Å². The molecule has 172 valence electrons. The van der Waals surface area contributed by atoms with Crippen molar-refractivity contribution in [3.8, 4) is 11.1 Å². The normalized spacial score (nSPS) is 13.8. The van der Waals surface area contributed by atoms with Crippen LogP contribution in [0.3, 0.4) is 0 Å². The van der Waals surface area contributed by atoms with Gasteiger partial charge in [-0.05, 0) is 49.6 Å². The van der Waals surface area contributed by atoms with Crippen LogP contribution >= 0.6 is 0 Å². The predicted octanol–water partition coefficient (Wildman–Crippen LogP) is 5.39. The van der Waals surface area contributed by atoms with E-state index in [9.17, 15) is 13.2 Å². The molecule has 9 heteroatoms. The highest BCUT2D eigenvalue weighted by molar-refractivity contribution is 5.77. The van der Waals surface area contributed by atoms with E-state index in [1.165, 1.54) is 12.1 Å². The molecule has 0 radical (unpaired) electrons. The zero-order valence-electron chi connectivity index (χ0n) is 18.5. The summed E-state index contributed by atoms with van der Waals surface area (Å²) in [6, 6.07) is 16.9. The second-order valence-corrected chi connectivity index (χ2v) is 8.44. The number of hydrogen-bond donors (Lipinski definition) is 1. The molecule has 1 N–H and O–H groups in total. The first-order valence-electron chi connectivity index (χ1n) is 10.7. The Bertz CT molecular complexity index is 1440. The number of aromatic amines is 1. The van der Waals surface area contributed by atoms with Crippen molar-refractivity contribution in [1.29, 1.82) is 0 Å². The first kappa shape index (κ1) is 21.8. The Morgan fingerprint density at radius 1 is 0.971 bits per heavy atom. The van der Waals surface area contributed by atoms with Gasteiger partial charge in [0.15, 0.2) is 11.5 Å². The zero-order valence-corrected chi connectivity index (χ0v) is 18.5. The van der Waals surface area contributed by atoms with Gasteiger partial charge in [0, 0.05) is 11.8 Å². The molecule has 0 aliphatic carbocycles. The minimum atomic E-state index is -4.39. The Kier molecular flexibility index (Phi) is 5.19. The molecule has 5 aromatic rings. The largest absolute Gasteiger partial charge is 0.416 e. The summed E-state index contributed by atoms with van der Waals surface area (Å²) in [5.41, 5.74) is 2.36. The number of nitrogens with one attached hydrogen (secondary N) is 1. The fourth-order valence-electron chi connectivity index (χ4n) is 4.23. The number of aryl methyl sites for hydroxylation is 1. The molecular weight excluding hydrogens is 441 g/mol.